The van der Waals surface area contributed by atoms with E-state index in [0.717, 1.165) is 22.4 Å². The molecule has 4 rings (SSSR count). The molecule has 186 valence electrons. The van der Waals surface area contributed by atoms with Gasteiger partial charge in [-0.05, 0) is 31.0 Å². The van der Waals surface area contributed by atoms with Crippen LogP contribution in [0.5, 0.6) is 5.75 Å². The first-order valence-electron chi connectivity index (χ1n) is 11.1. The zero-order valence-corrected chi connectivity index (χ0v) is 22.0. The van der Waals surface area contributed by atoms with E-state index in [0.29, 0.717) is 21.5 Å². The average molecular weight is 523 g/mol. The van der Waals surface area contributed by atoms with Gasteiger partial charge in [0.15, 0.2) is 11.0 Å². The van der Waals surface area contributed by atoms with Crippen LogP contribution >= 0.6 is 23.1 Å². The predicted molar refractivity (Wildman–Crippen MR) is 142 cm³/mol. The Bertz CT molecular complexity index is 1380. The quantitative estimate of drug-likeness (QED) is 0.237. The van der Waals surface area contributed by atoms with Crippen LogP contribution in [0.4, 0.5) is 5.00 Å². The number of carbonyl (C=O) groups excluding carboxylic acids is 2. The third-order valence-electron chi connectivity index (χ3n) is 5.46. The van der Waals surface area contributed by atoms with Crippen molar-refractivity contribution in [1.82, 2.24) is 14.8 Å². The van der Waals surface area contributed by atoms with E-state index in [1.54, 1.807) is 4.57 Å². The Kier molecular flexibility index (Phi) is 8.07. The number of carbonyl (C=O) groups is 2. The molecule has 2 heterocycles. The average Bonchev–Trinajstić information content (AvgIpc) is 3.45. The molecule has 0 radical (unpaired) electrons. The summed E-state index contributed by atoms with van der Waals surface area (Å²) in [5.41, 5.74) is 4.17. The van der Waals surface area contributed by atoms with Gasteiger partial charge >= 0.3 is 5.97 Å². The van der Waals surface area contributed by atoms with Crippen molar-refractivity contribution in [3.05, 3.63) is 76.4 Å². The molecule has 2 aromatic carbocycles. The van der Waals surface area contributed by atoms with Crippen molar-refractivity contribution in [1.29, 1.82) is 0 Å². The predicted octanol–water partition coefficient (Wildman–Crippen LogP) is 5.26. The van der Waals surface area contributed by atoms with E-state index >= 15 is 0 Å². The molecule has 0 aliphatic carbocycles. The lowest BCUT2D eigenvalue weighted by atomic mass is 10.0. The molecule has 0 atom stereocenters. The van der Waals surface area contributed by atoms with Gasteiger partial charge in [-0.1, -0.05) is 59.8 Å². The number of aryl methyl sites for hydroxylation is 2. The van der Waals surface area contributed by atoms with E-state index < -0.39 is 5.97 Å². The Hall–Kier alpha value is -3.63. The summed E-state index contributed by atoms with van der Waals surface area (Å²) >= 11 is 2.54. The van der Waals surface area contributed by atoms with E-state index in [4.69, 9.17) is 9.47 Å². The molecule has 0 saturated carbocycles. The molecule has 0 unspecified atom stereocenters. The van der Waals surface area contributed by atoms with E-state index in [1.165, 1.54) is 35.8 Å². The fourth-order valence-electron chi connectivity index (χ4n) is 3.58. The molecule has 8 nitrogen and oxygen atoms in total. The first-order valence-corrected chi connectivity index (χ1v) is 13.0. The summed E-state index contributed by atoms with van der Waals surface area (Å²) in [6, 6.07) is 15.5. The highest BCUT2D eigenvalue weighted by molar-refractivity contribution is 7.99. The number of hydrogen-bond acceptors (Lipinski definition) is 8. The normalized spacial score (nSPS) is 10.8. The maximum atomic E-state index is 12.7. The van der Waals surface area contributed by atoms with Gasteiger partial charge in [0.1, 0.15) is 22.9 Å². The minimum Gasteiger partial charge on any atom is -0.485 e. The van der Waals surface area contributed by atoms with Gasteiger partial charge in [0.2, 0.25) is 5.91 Å². The Labute approximate surface area is 217 Å². The van der Waals surface area contributed by atoms with Crippen molar-refractivity contribution in [2.75, 3.05) is 18.2 Å². The third-order valence-corrected chi connectivity index (χ3v) is 7.38. The van der Waals surface area contributed by atoms with Crippen molar-refractivity contribution in [2.24, 2.45) is 7.05 Å². The minimum absolute atomic E-state index is 0.100. The molecule has 0 fully saturated rings. The number of benzene rings is 2. The SMILES string of the molecule is COC(=O)c1c(-c2ccccc2)csc1NC(=O)CSc1nnc(COc2ccc(C)cc2C)n1C. The number of hydrogen-bond donors (Lipinski definition) is 1. The molecule has 1 N–H and O–H groups in total. The second-order valence-electron chi connectivity index (χ2n) is 8.06. The molecule has 0 aliphatic heterocycles. The largest absolute Gasteiger partial charge is 0.485 e. The van der Waals surface area contributed by atoms with Gasteiger partial charge in [0, 0.05) is 18.0 Å². The zero-order valence-electron chi connectivity index (χ0n) is 20.4. The van der Waals surface area contributed by atoms with Crippen LogP contribution in [0.2, 0.25) is 0 Å². The highest BCUT2D eigenvalue weighted by atomic mass is 32.2. The monoisotopic (exact) mass is 522 g/mol. The number of anilines is 1. The Morgan fingerprint density at radius 3 is 2.61 bits per heavy atom. The van der Waals surface area contributed by atoms with E-state index in [-0.39, 0.29) is 18.3 Å². The molecule has 0 aliphatic rings. The van der Waals surface area contributed by atoms with E-state index in [9.17, 15) is 9.59 Å². The number of thioether (sulfide) groups is 1. The molecular formula is C26H26N4O4S2. The molecule has 2 aromatic heterocycles. The standard InChI is InChI=1S/C26H26N4O4S2/c1-16-10-11-20(17(2)12-16)34-13-21-28-29-26(30(21)3)36-15-22(31)27-24-23(25(32)33-4)19(14-35-24)18-8-6-5-7-9-18/h5-12,14H,13,15H2,1-4H3,(H,27,31). The molecule has 1 amide bonds. The number of thiophene rings is 1. The van der Waals surface area contributed by atoms with Crippen LogP contribution in [0, 0.1) is 13.8 Å². The number of ether oxygens (including phenoxy) is 2. The first-order chi connectivity index (χ1) is 17.4. The summed E-state index contributed by atoms with van der Waals surface area (Å²) in [5.74, 6) is 0.784. The maximum Gasteiger partial charge on any atom is 0.341 e. The first kappa shape index (κ1) is 25.5. The summed E-state index contributed by atoms with van der Waals surface area (Å²) in [5, 5.41) is 14.1. The van der Waals surface area contributed by atoms with Crippen LogP contribution in [-0.4, -0.2) is 39.5 Å². The number of rotatable bonds is 9. The fraction of sp³-hybridized carbons (Fsp3) is 0.231. The molecular weight excluding hydrogens is 496 g/mol. The zero-order chi connectivity index (χ0) is 25.7. The van der Waals surface area contributed by atoms with Gasteiger partial charge in [-0.15, -0.1) is 21.5 Å². The van der Waals surface area contributed by atoms with E-state index in [2.05, 4.69) is 21.6 Å². The summed E-state index contributed by atoms with van der Waals surface area (Å²) in [7, 11) is 3.16. The number of nitrogens with one attached hydrogen (secondary N) is 1. The van der Waals surface area contributed by atoms with E-state index in [1.807, 2.05) is 68.7 Å². The van der Waals surface area contributed by atoms with Crippen LogP contribution < -0.4 is 10.1 Å². The highest BCUT2D eigenvalue weighted by Gasteiger charge is 2.22. The van der Waals surface area contributed by atoms with Gasteiger partial charge in [-0.25, -0.2) is 4.79 Å². The lowest BCUT2D eigenvalue weighted by molar-refractivity contribution is -0.113. The molecule has 36 heavy (non-hydrogen) atoms. The van der Waals surface area contributed by atoms with Crippen LogP contribution in [0.15, 0.2) is 59.1 Å². The summed E-state index contributed by atoms with van der Waals surface area (Å²) in [6.07, 6.45) is 0. The third kappa shape index (κ3) is 5.77. The number of esters is 1. The molecule has 4 aromatic rings. The Morgan fingerprint density at radius 2 is 1.89 bits per heavy atom. The van der Waals surface area contributed by atoms with Crippen LogP contribution in [-0.2, 0) is 23.2 Å². The van der Waals surface area contributed by atoms with Crippen LogP contribution in [0.3, 0.4) is 0 Å². The smallest absolute Gasteiger partial charge is 0.341 e. The number of nitrogens with zero attached hydrogens (tertiary/aromatic N) is 3. The Morgan fingerprint density at radius 1 is 1.11 bits per heavy atom. The highest BCUT2D eigenvalue weighted by Crippen LogP contribution is 2.36. The summed E-state index contributed by atoms with van der Waals surface area (Å²) in [6.45, 7) is 4.30. The van der Waals surface area contributed by atoms with Crippen molar-refractivity contribution < 1.29 is 19.1 Å². The van der Waals surface area contributed by atoms with Crippen molar-refractivity contribution in [3.63, 3.8) is 0 Å². The van der Waals surface area contributed by atoms with Crippen LogP contribution in [0.25, 0.3) is 11.1 Å². The summed E-state index contributed by atoms with van der Waals surface area (Å²) < 4.78 is 12.7. The van der Waals surface area contributed by atoms with Gasteiger partial charge in [0.05, 0.1) is 12.9 Å². The van der Waals surface area contributed by atoms with Crippen LogP contribution in [0.1, 0.15) is 27.3 Å². The molecule has 0 bridgehead atoms. The minimum atomic E-state index is -0.500. The number of methoxy groups -OCH3 is 1. The second-order valence-corrected chi connectivity index (χ2v) is 9.89. The van der Waals surface area contributed by atoms with Gasteiger partial charge in [-0.2, -0.15) is 0 Å². The maximum absolute atomic E-state index is 12.7. The van der Waals surface area contributed by atoms with Gasteiger partial charge in [0.25, 0.3) is 0 Å². The van der Waals surface area contributed by atoms with Gasteiger partial charge < -0.3 is 19.4 Å². The lowest BCUT2D eigenvalue weighted by Gasteiger charge is -2.10. The molecule has 0 spiro atoms. The lowest BCUT2D eigenvalue weighted by Crippen LogP contribution is -2.16. The van der Waals surface area contributed by atoms with Crippen molar-refractivity contribution in [3.8, 4) is 16.9 Å². The second kappa shape index (κ2) is 11.4. The fourth-order valence-corrected chi connectivity index (χ4v) is 5.28. The van der Waals surface area contributed by atoms with Crippen molar-refractivity contribution in [2.45, 2.75) is 25.6 Å². The van der Waals surface area contributed by atoms with Gasteiger partial charge in [-0.3, -0.25) is 4.79 Å². The molecule has 10 heteroatoms. The Balaban J connectivity index is 1.39. The number of aromatic nitrogens is 3. The van der Waals surface area contributed by atoms with Crippen molar-refractivity contribution >= 4 is 40.0 Å². The molecule has 0 saturated heterocycles. The number of amides is 1. The summed E-state index contributed by atoms with van der Waals surface area (Å²) in [4.78, 5) is 25.2. The topological polar surface area (TPSA) is 95.3 Å².